The molecule has 16 heavy (non-hydrogen) atoms. The van der Waals surface area contributed by atoms with E-state index in [9.17, 15) is 0 Å². The Kier molecular flexibility index (Phi) is 4.08. The topological polar surface area (TPSA) is 21.3 Å². The van der Waals surface area contributed by atoms with Crippen molar-refractivity contribution in [2.45, 2.75) is 19.8 Å². The van der Waals surface area contributed by atoms with Gasteiger partial charge in [-0.3, -0.25) is 0 Å². The maximum atomic E-state index is 5.83. The van der Waals surface area contributed by atoms with Crippen molar-refractivity contribution >= 4 is 0 Å². The summed E-state index contributed by atoms with van der Waals surface area (Å²) in [6.07, 6.45) is 2.41. The van der Waals surface area contributed by atoms with Crippen molar-refractivity contribution in [3.63, 3.8) is 0 Å². The lowest BCUT2D eigenvalue weighted by Gasteiger charge is -2.22. The first-order valence-electron chi connectivity index (χ1n) is 5.87. The van der Waals surface area contributed by atoms with Gasteiger partial charge in [0.15, 0.2) is 17.4 Å². The smallest absolute Gasteiger partial charge is 0.267 e. The molecule has 0 bridgehead atoms. The lowest BCUT2D eigenvalue weighted by Crippen LogP contribution is -2.30. The van der Waals surface area contributed by atoms with Crippen molar-refractivity contribution in [3.05, 3.63) is 28.8 Å². The molecule has 0 atom stereocenters. The van der Waals surface area contributed by atoms with Gasteiger partial charge in [0.1, 0.15) is 0 Å². The van der Waals surface area contributed by atoms with Crippen molar-refractivity contribution in [3.8, 4) is 5.75 Å². The molecule has 1 aliphatic rings. The highest BCUT2D eigenvalue weighted by atomic mass is 35.5. The van der Waals surface area contributed by atoms with E-state index in [-0.39, 0.29) is 0 Å². The Balaban J connectivity index is 1.90. The van der Waals surface area contributed by atoms with Gasteiger partial charge >= 0.3 is 0 Å². The minimum Gasteiger partial charge on any atom is -0.487 e. The first-order valence-corrected chi connectivity index (χ1v) is 6.28. The molecule has 1 aromatic rings. The molecule has 1 fully saturated rings. The van der Waals surface area contributed by atoms with E-state index in [1.165, 1.54) is 18.4 Å². The zero-order valence-corrected chi connectivity index (χ0v) is 10.5. The summed E-state index contributed by atoms with van der Waals surface area (Å²) in [5.74, 6) is 1.55. The van der Waals surface area contributed by atoms with E-state index in [0.29, 0.717) is 5.92 Å². The van der Waals surface area contributed by atoms with Crippen LogP contribution < -0.4 is 10.1 Å². The third kappa shape index (κ3) is 3.13. The molecule has 0 radical (unpaired) electrons. The summed E-state index contributed by atoms with van der Waals surface area (Å²) >= 11 is 5.24. The molecule has 1 N–H and O–H groups in total. The molecular formula is C13H19ClNO+. The molecular weight excluding hydrogens is 222 g/mol. The number of aryl methyl sites for hydroxylation is 1. The molecule has 1 heterocycles. The second-order valence-corrected chi connectivity index (χ2v) is 4.89. The van der Waals surface area contributed by atoms with Crippen LogP contribution in [0.4, 0.5) is 0 Å². The lowest BCUT2D eigenvalue weighted by atomic mass is 9.99. The van der Waals surface area contributed by atoms with Crippen LogP contribution in [0.1, 0.15) is 18.4 Å². The molecule has 1 aliphatic heterocycles. The minimum atomic E-state index is 0.677. The zero-order valence-electron chi connectivity index (χ0n) is 9.66. The second-order valence-electron chi connectivity index (χ2n) is 4.45. The first kappa shape index (κ1) is 11.7. The number of hydrogen-bond acceptors (Lipinski definition) is 2. The summed E-state index contributed by atoms with van der Waals surface area (Å²) in [6.45, 7) is 5.09. The van der Waals surface area contributed by atoms with Gasteiger partial charge < -0.3 is 10.1 Å². The van der Waals surface area contributed by atoms with Crippen LogP contribution in [0.5, 0.6) is 5.75 Å². The second kappa shape index (κ2) is 5.55. The molecule has 0 spiro atoms. The first-order chi connectivity index (χ1) is 7.75. The van der Waals surface area contributed by atoms with Gasteiger partial charge in [-0.25, -0.2) is 0 Å². The van der Waals surface area contributed by atoms with Crippen molar-refractivity contribution in [1.29, 1.82) is 0 Å². The lowest BCUT2D eigenvalue weighted by molar-refractivity contribution is -0.291. The standard InChI is InChI=1S/C13H19ClNO/c1-10-2-3-12(14)13(8-10)16-9-11-4-6-15-7-5-11/h2-3,8,11,14-15H,4-7,9H2,1H3/q+1. The number of nitrogens with one attached hydrogen (secondary N) is 1. The predicted octanol–water partition coefficient (Wildman–Crippen LogP) is 2.07. The van der Waals surface area contributed by atoms with E-state index in [1.54, 1.807) is 0 Å². The van der Waals surface area contributed by atoms with E-state index in [2.05, 4.69) is 12.2 Å². The van der Waals surface area contributed by atoms with Crippen molar-refractivity contribution < 1.29 is 16.3 Å². The molecule has 0 aromatic heterocycles. The Hall–Kier alpha value is -0.730. The average molecular weight is 241 g/mol. The van der Waals surface area contributed by atoms with Gasteiger partial charge in [-0.2, -0.15) is 0 Å². The molecule has 0 unspecified atom stereocenters. The molecule has 1 aromatic carbocycles. The maximum absolute atomic E-state index is 5.83. The van der Waals surface area contributed by atoms with Crippen LogP contribution in [-0.2, 0) is 0 Å². The van der Waals surface area contributed by atoms with E-state index < -0.39 is 0 Å². The summed E-state index contributed by atoms with van der Waals surface area (Å²) in [7, 11) is 0. The van der Waals surface area contributed by atoms with Crippen LogP contribution in [-0.4, -0.2) is 19.7 Å². The molecule has 2 nitrogen and oxygen atoms in total. The SMILES string of the molecule is Cc1ccc([ClH+])c(OCC2CCNCC2)c1. The number of ether oxygens (including phenoxy) is 1. The highest BCUT2D eigenvalue weighted by Gasteiger charge is 2.15. The molecule has 88 valence electrons. The average Bonchev–Trinajstić information content (AvgIpc) is 2.32. The Morgan fingerprint density at radius 3 is 2.88 bits per heavy atom. The van der Waals surface area contributed by atoms with Crippen LogP contribution in [0, 0.1) is 24.4 Å². The Bertz CT molecular complexity index is 348. The third-order valence-corrected chi connectivity index (χ3v) is 3.37. The highest BCUT2D eigenvalue weighted by molar-refractivity contribution is 5.33. The zero-order chi connectivity index (χ0) is 11.4. The van der Waals surface area contributed by atoms with Crippen LogP contribution in [0.25, 0.3) is 0 Å². The van der Waals surface area contributed by atoms with Crippen molar-refractivity contribution in [2.24, 2.45) is 5.92 Å². The monoisotopic (exact) mass is 240 g/mol. The van der Waals surface area contributed by atoms with Crippen LogP contribution in [0.3, 0.4) is 0 Å². The molecule has 1 saturated heterocycles. The van der Waals surface area contributed by atoms with Gasteiger partial charge in [0.05, 0.1) is 6.61 Å². The van der Waals surface area contributed by atoms with Gasteiger partial charge in [-0.05, 0) is 50.4 Å². The fourth-order valence-corrected chi connectivity index (χ4v) is 2.17. The molecule has 0 amide bonds. The quantitative estimate of drug-likeness (QED) is 0.874. The fourth-order valence-electron chi connectivity index (χ4n) is 1.98. The van der Waals surface area contributed by atoms with Gasteiger partial charge in [-0.15, -0.1) is 0 Å². The number of halogens is 1. The Labute approximate surface area is 102 Å². The van der Waals surface area contributed by atoms with Gasteiger partial charge in [-0.1, -0.05) is 6.07 Å². The maximum Gasteiger partial charge on any atom is 0.267 e. The van der Waals surface area contributed by atoms with Crippen LogP contribution in [0.15, 0.2) is 18.2 Å². The number of rotatable bonds is 3. The molecule has 2 rings (SSSR count). The predicted molar refractivity (Wildman–Crippen MR) is 62.8 cm³/mol. The van der Waals surface area contributed by atoms with Crippen molar-refractivity contribution in [1.82, 2.24) is 5.32 Å². The third-order valence-electron chi connectivity index (χ3n) is 3.03. The number of piperidine rings is 1. The van der Waals surface area contributed by atoms with E-state index in [4.69, 9.17) is 16.3 Å². The van der Waals surface area contributed by atoms with Crippen LogP contribution >= 0.6 is 0 Å². The summed E-state index contributed by atoms with van der Waals surface area (Å²) in [5, 5.41) is 4.18. The van der Waals surface area contributed by atoms with Crippen molar-refractivity contribution in [2.75, 3.05) is 19.7 Å². The molecule has 0 saturated carbocycles. The minimum absolute atomic E-state index is 0.677. The van der Waals surface area contributed by atoms with E-state index >= 15 is 0 Å². The van der Waals surface area contributed by atoms with E-state index in [0.717, 1.165) is 30.5 Å². The van der Waals surface area contributed by atoms with Gasteiger partial charge in [0, 0.05) is 6.07 Å². The number of hydrogen-bond donors (Lipinski definition) is 1. The highest BCUT2D eigenvalue weighted by Crippen LogP contribution is 2.22. The normalized spacial score (nSPS) is 17.4. The number of benzene rings is 1. The van der Waals surface area contributed by atoms with Gasteiger partial charge in [0.2, 0.25) is 0 Å². The fraction of sp³-hybridized carbons (Fsp3) is 0.538. The summed E-state index contributed by atoms with van der Waals surface area (Å²) < 4.78 is 5.83. The van der Waals surface area contributed by atoms with Gasteiger partial charge in [0.25, 0.3) is 5.02 Å². The summed E-state index contributed by atoms with van der Waals surface area (Å²) in [5.41, 5.74) is 1.20. The van der Waals surface area contributed by atoms with Crippen LogP contribution in [0.2, 0.25) is 5.02 Å². The molecule has 3 heteroatoms. The molecule has 0 aliphatic carbocycles. The summed E-state index contributed by atoms with van der Waals surface area (Å²) in [6, 6.07) is 6.01. The van der Waals surface area contributed by atoms with E-state index in [1.807, 2.05) is 18.2 Å². The largest absolute Gasteiger partial charge is 0.487 e. The Morgan fingerprint density at radius 2 is 2.12 bits per heavy atom. The summed E-state index contributed by atoms with van der Waals surface area (Å²) in [4.78, 5) is 0. The Morgan fingerprint density at radius 1 is 1.38 bits per heavy atom.